The number of primary amides is 1. The number of benzene rings is 1. The monoisotopic (exact) mass is 439 g/mol. The summed E-state index contributed by atoms with van der Waals surface area (Å²) in [6, 6.07) is 1.64. The van der Waals surface area contributed by atoms with Crippen molar-refractivity contribution in [2.24, 2.45) is 11.5 Å². The molecule has 0 heterocycles. The molecule has 0 spiro atoms. The average molecular weight is 439 g/mol. The molecule has 1 aromatic rings. The fourth-order valence-electron chi connectivity index (χ4n) is 2.38. The fourth-order valence-corrected chi connectivity index (χ4v) is 2.38. The molecule has 1 aromatic carbocycles. The SMILES string of the molecule is NC(=O)CC(NC(=O)C(N)CO)C(=O)NCC(=O)NC(Cc1ccc(O)cc1)C(=O)O. The first kappa shape index (κ1) is 25.3. The number of phenols is 1. The molecule has 3 atom stereocenters. The lowest BCUT2D eigenvalue weighted by Crippen LogP contribution is -2.55. The van der Waals surface area contributed by atoms with Gasteiger partial charge in [0.2, 0.25) is 23.6 Å². The van der Waals surface area contributed by atoms with Gasteiger partial charge in [-0.15, -0.1) is 0 Å². The number of carboxylic acids is 1. The van der Waals surface area contributed by atoms with Gasteiger partial charge in [-0.2, -0.15) is 0 Å². The maximum atomic E-state index is 12.2. The molecule has 0 radical (unpaired) electrons. The van der Waals surface area contributed by atoms with Crippen molar-refractivity contribution < 1.29 is 39.3 Å². The summed E-state index contributed by atoms with van der Waals surface area (Å²) in [5.74, 6) is -4.91. The van der Waals surface area contributed by atoms with Crippen molar-refractivity contribution in [3.63, 3.8) is 0 Å². The normalized spacial score (nSPS) is 13.4. The highest BCUT2D eigenvalue weighted by atomic mass is 16.4. The number of carbonyl (C=O) groups excluding carboxylic acids is 4. The van der Waals surface area contributed by atoms with Gasteiger partial charge >= 0.3 is 5.97 Å². The van der Waals surface area contributed by atoms with Crippen LogP contribution in [0.5, 0.6) is 5.75 Å². The maximum Gasteiger partial charge on any atom is 0.326 e. The van der Waals surface area contributed by atoms with Crippen LogP contribution < -0.4 is 27.4 Å². The Hall–Kier alpha value is -3.71. The molecular formula is C18H25N5O8. The summed E-state index contributed by atoms with van der Waals surface area (Å²) in [6.45, 7) is -1.34. The lowest BCUT2D eigenvalue weighted by Gasteiger charge is -2.19. The van der Waals surface area contributed by atoms with Crippen molar-refractivity contribution in [3.8, 4) is 5.75 Å². The number of aliphatic hydroxyl groups is 1. The molecule has 31 heavy (non-hydrogen) atoms. The summed E-state index contributed by atoms with van der Waals surface area (Å²) in [6.07, 6.45) is -0.662. The third-order valence-corrected chi connectivity index (χ3v) is 4.00. The minimum absolute atomic E-state index is 0.0000704. The first-order chi connectivity index (χ1) is 14.5. The number of aromatic hydroxyl groups is 1. The van der Waals surface area contributed by atoms with Gasteiger partial charge in [0, 0.05) is 6.42 Å². The third kappa shape index (κ3) is 9.10. The number of phenolic OH excluding ortho intramolecular Hbond substituents is 1. The number of carboxylic acid groups (broad SMARTS) is 1. The van der Waals surface area contributed by atoms with Gasteiger partial charge < -0.3 is 42.7 Å². The smallest absolute Gasteiger partial charge is 0.326 e. The van der Waals surface area contributed by atoms with Crippen molar-refractivity contribution in [3.05, 3.63) is 29.8 Å². The van der Waals surface area contributed by atoms with E-state index < -0.39 is 67.3 Å². The van der Waals surface area contributed by atoms with E-state index in [1.807, 2.05) is 0 Å². The second kappa shape index (κ2) is 12.1. The number of rotatable bonds is 12. The van der Waals surface area contributed by atoms with Crippen molar-refractivity contribution in [1.29, 1.82) is 0 Å². The standard InChI is InChI=1S/C18H25N5O8/c19-11(8-24)16(28)23-12(6-14(20)26)17(29)21-7-15(27)22-13(18(30)31)5-9-1-3-10(25)4-2-9/h1-4,11-13,24-25H,5-8,19H2,(H2,20,26)(H,21,29)(H,22,27)(H,23,28)(H,30,31). The van der Waals surface area contributed by atoms with Crippen molar-refractivity contribution >= 4 is 29.6 Å². The molecule has 0 saturated carbocycles. The van der Waals surface area contributed by atoms with Crippen LogP contribution in [0.15, 0.2) is 24.3 Å². The van der Waals surface area contributed by atoms with Crippen LogP contribution in [0.2, 0.25) is 0 Å². The van der Waals surface area contributed by atoms with Crippen molar-refractivity contribution in [2.45, 2.75) is 31.0 Å². The number of carbonyl (C=O) groups is 5. The zero-order valence-corrected chi connectivity index (χ0v) is 16.4. The Bertz CT molecular complexity index is 814. The second-order valence-electron chi connectivity index (χ2n) is 6.57. The molecular weight excluding hydrogens is 414 g/mol. The van der Waals surface area contributed by atoms with Gasteiger partial charge in [0.1, 0.15) is 23.9 Å². The van der Waals surface area contributed by atoms with E-state index in [4.69, 9.17) is 16.6 Å². The number of hydrogen-bond acceptors (Lipinski definition) is 8. The number of amides is 4. The van der Waals surface area contributed by atoms with Crippen LogP contribution >= 0.6 is 0 Å². The van der Waals surface area contributed by atoms with Crippen LogP contribution in [0, 0.1) is 0 Å². The van der Waals surface area contributed by atoms with Gasteiger partial charge in [0.25, 0.3) is 0 Å². The van der Waals surface area contributed by atoms with Crippen LogP contribution in [0.1, 0.15) is 12.0 Å². The Morgan fingerprint density at radius 1 is 0.968 bits per heavy atom. The summed E-state index contributed by atoms with van der Waals surface area (Å²) in [7, 11) is 0. The van der Waals surface area contributed by atoms with E-state index in [0.717, 1.165) is 0 Å². The molecule has 0 aliphatic carbocycles. The van der Waals surface area contributed by atoms with Crippen LogP contribution in [0.3, 0.4) is 0 Å². The molecule has 0 fully saturated rings. The topological polar surface area (TPSA) is 234 Å². The Labute approximate surface area is 176 Å². The highest BCUT2D eigenvalue weighted by Gasteiger charge is 2.26. The second-order valence-corrected chi connectivity index (χ2v) is 6.57. The first-order valence-corrected chi connectivity index (χ1v) is 9.06. The number of aliphatic hydroxyl groups excluding tert-OH is 1. The number of aliphatic carboxylic acids is 1. The van der Waals surface area contributed by atoms with Crippen LogP contribution in [-0.2, 0) is 30.4 Å². The maximum absolute atomic E-state index is 12.2. The van der Waals surface area contributed by atoms with Crippen molar-refractivity contribution in [1.82, 2.24) is 16.0 Å². The molecule has 3 unspecified atom stereocenters. The zero-order valence-electron chi connectivity index (χ0n) is 16.4. The summed E-state index contributed by atoms with van der Waals surface area (Å²) < 4.78 is 0. The van der Waals surface area contributed by atoms with E-state index in [9.17, 15) is 34.2 Å². The first-order valence-electron chi connectivity index (χ1n) is 9.06. The summed E-state index contributed by atoms with van der Waals surface area (Å²) in [5, 5.41) is 34.0. The summed E-state index contributed by atoms with van der Waals surface area (Å²) in [5.41, 5.74) is 10.9. The van der Waals surface area contributed by atoms with Crippen LogP contribution in [0.25, 0.3) is 0 Å². The highest BCUT2D eigenvalue weighted by Crippen LogP contribution is 2.11. The molecule has 1 rings (SSSR count). The van der Waals surface area contributed by atoms with E-state index in [0.29, 0.717) is 5.56 Å². The zero-order chi connectivity index (χ0) is 23.6. The van der Waals surface area contributed by atoms with Crippen molar-refractivity contribution in [2.75, 3.05) is 13.2 Å². The Morgan fingerprint density at radius 2 is 1.58 bits per heavy atom. The lowest BCUT2D eigenvalue weighted by atomic mass is 10.1. The Balaban J connectivity index is 2.67. The number of nitrogens with two attached hydrogens (primary N) is 2. The van der Waals surface area contributed by atoms with E-state index >= 15 is 0 Å². The Kier molecular flexibility index (Phi) is 9.88. The average Bonchev–Trinajstić information content (AvgIpc) is 2.71. The van der Waals surface area contributed by atoms with Gasteiger partial charge in [0.05, 0.1) is 19.6 Å². The molecule has 13 heteroatoms. The molecule has 13 nitrogen and oxygen atoms in total. The largest absolute Gasteiger partial charge is 0.508 e. The van der Waals surface area contributed by atoms with Crippen LogP contribution in [-0.4, -0.2) is 76.2 Å². The molecule has 0 saturated heterocycles. The lowest BCUT2D eigenvalue weighted by molar-refractivity contribution is -0.141. The van der Waals surface area contributed by atoms with E-state index in [-0.39, 0.29) is 12.2 Å². The van der Waals surface area contributed by atoms with E-state index in [1.165, 1.54) is 24.3 Å². The van der Waals surface area contributed by atoms with Gasteiger partial charge in [-0.3, -0.25) is 19.2 Å². The molecule has 0 aliphatic rings. The summed E-state index contributed by atoms with van der Waals surface area (Å²) >= 11 is 0. The predicted octanol–water partition coefficient (Wildman–Crippen LogP) is -3.70. The minimum Gasteiger partial charge on any atom is -0.508 e. The third-order valence-electron chi connectivity index (χ3n) is 4.00. The predicted molar refractivity (Wildman–Crippen MR) is 105 cm³/mol. The Morgan fingerprint density at radius 3 is 2.10 bits per heavy atom. The molecule has 0 bridgehead atoms. The van der Waals surface area contributed by atoms with Gasteiger partial charge in [-0.25, -0.2) is 4.79 Å². The number of hydrogen-bond donors (Lipinski definition) is 8. The molecule has 4 amide bonds. The molecule has 0 aliphatic heterocycles. The van der Waals surface area contributed by atoms with Gasteiger partial charge in [-0.05, 0) is 17.7 Å². The summed E-state index contributed by atoms with van der Waals surface area (Å²) in [4.78, 5) is 58.6. The van der Waals surface area contributed by atoms with Gasteiger partial charge in [-0.1, -0.05) is 12.1 Å². The number of nitrogens with one attached hydrogen (secondary N) is 3. The fraction of sp³-hybridized carbons (Fsp3) is 0.389. The minimum atomic E-state index is -1.44. The quantitative estimate of drug-likeness (QED) is 0.160. The van der Waals surface area contributed by atoms with Gasteiger partial charge in [0.15, 0.2) is 0 Å². The highest BCUT2D eigenvalue weighted by molar-refractivity contribution is 5.95. The van der Waals surface area contributed by atoms with Crippen LogP contribution in [0.4, 0.5) is 0 Å². The molecule has 0 aromatic heterocycles. The van der Waals surface area contributed by atoms with E-state index in [1.54, 1.807) is 0 Å². The molecule has 10 N–H and O–H groups in total. The van der Waals surface area contributed by atoms with E-state index in [2.05, 4.69) is 16.0 Å². The molecule has 170 valence electrons.